The third-order valence-electron chi connectivity index (χ3n) is 6.03. The minimum Gasteiger partial charge on any atom is -0.453 e. The molecule has 4 rings (SSSR count). The molecular formula is C25H26N2O4. The molecule has 0 aliphatic heterocycles. The molecule has 0 amide bonds. The van der Waals surface area contributed by atoms with Gasteiger partial charge in [0.25, 0.3) is 0 Å². The molecule has 3 aromatic rings. The zero-order valence-electron chi connectivity index (χ0n) is 18.3. The van der Waals surface area contributed by atoms with E-state index in [2.05, 4.69) is 22.8 Å². The van der Waals surface area contributed by atoms with Gasteiger partial charge >= 0.3 is 5.97 Å². The molecule has 6 nitrogen and oxygen atoms in total. The Morgan fingerprint density at radius 2 is 1.77 bits per heavy atom. The second-order valence-corrected chi connectivity index (χ2v) is 8.21. The summed E-state index contributed by atoms with van der Waals surface area (Å²) in [6.07, 6.45) is 4.98. The summed E-state index contributed by atoms with van der Waals surface area (Å²) >= 11 is 0. The lowest BCUT2D eigenvalue weighted by Crippen LogP contribution is -2.16. The number of nitrogens with zero attached hydrogens (tertiary/aromatic N) is 2. The smallest absolute Gasteiger partial charge is 0.355 e. The largest absolute Gasteiger partial charge is 0.453 e. The normalized spacial score (nSPS) is 12.6. The van der Waals surface area contributed by atoms with E-state index in [1.165, 1.54) is 35.1 Å². The van der Waals surface area contributed by atoms with E-state index in [9.17, 15) is 14.4 Å². The molecule has 31 heavy (non-hydrogen) atoms. The van der Waals surface area contributed by atoms with Crippen LogP contribution in [0, 0.1) is 13.8 Å². The molecule has 6 heteroatoms. The van der Waals surface area contributed by atoms with Gasteiger partial charge in [0.15, 0.2) is 12.4 Å². The third-order valence-corrected chi connectivity index (χ3v) is 6.03. The van der Waals surface area contributed by atoms with Crippen molar-refractivity contribution in [3.05, 3.63) is 75.9 Å². The van der Waals surface area contributed by atoms with Crippen LogP contribution in [0.5, 0.6) is 0 Å². The van der Waals surface area contributed by atoms with Crippen LogP contribution in [-0.4, -0.2) is 33.3 Å². The average molecular weight is 418 g/mol. The van der Waals surface area contributed by atoms with E-state index in [4.69, 9.17) is 4.74 Å². The van der Waals surface area contributed by atoms with Gasteiger partial charge in [-0.05, 0) is 75.4 Å². The summed E-state index contributed by atoms with van der Waals surface area (Å²) in [5.74, 6) is -1.02. The van der Waals surface area contributed by atoms with Gasteiger partial charge in [0.2, 0.25) is 5.78 Å². The second kappa shape index (κ2) is 8.02. The molecule has 0 atom stereocenters. The highest BCUT2D eigenvalue weighted by molar-refractivity contribution is 6.01. The zero-order valence-corrected chi connectivity index (χ0v) is 18.3. The molecule has 0 fully saturated rings. The predicted molar refractivity (Wildman–Crippen MR) is 117 cm³/mol. The monoisotopic (exact) mass is 418 g/mol. The van der Waals surface area contributed by atoms with Crippen molar-refractivity contribution in [2.24, 2.45) is 7.05 Å². The van der Waals surface area contributed by atoms with Crippen LogP contribution in [0.3, 0.4) is 0 Å². The maximum Gasteiger partial charge on any atom is 0.355 e. The first-order valence-electron chi connectivity index (χ1n) is 10.4. The minimum absolute atomic E-state index is 0.135. The summed E-state index contributed by atoms with van der Waals surface area (Å²) in [6, 6.07) is 9.80. The van der Waals surface area contributed by atoms with Crippen LogP contribution >= 0.6 is 0 Å². The van der Waals surface area contributed by atoms with Crippen LogP contribution in [0.25, 0.3) is 5.69 Å². The van der Waals surface area contributed by atoms with Crippen molar-refractivity contribution in [2.45, 2.75) is 40.0 Å². The zero-order chi connectivity index (χ0) is 22.3. The van der Waals surface area contributed by atoms with Gasteiger partial charge in [0.05, 0.1) is 0 Å². The van der Waals surface area contributed by atoms with E-state index in [0.29, 0.717) is 11.1 Å². The van der Waals surface area contributed by atoms with Crippen LogP contribution in [0.15, 0.2) is 36.5 Å². The Hall–Kier alpha value is -3.41. The number of hydrogen-bond acceptors (Lipinski definition) is 4. The minimum atomic E-state index is -0.629. The number of ketones is 2. The van der Waals surface area contributed by atoms with Gasteiger partial charge in [0, 0.05) is 41.4 Å². The Bertz CT molecular complexity index is 1210. The molecule has 160 valence electrons. The van der Waals surface area contributed by atoms with Crippen molar-refractivity contribution in [1.29, 1.82) is 0 Å². The highest BCUT2D eigenvalue weighted by atomic mass is 16.5. The number of hydrogen-bond donors (Lipinski definition) is 0. The van der Waals surface area contributed by atoms with E-state index in [1.54, 1.807) is 13.2 Å². The molecule has 0 bridgehead atoms. The molecule has 0 saturated carbocycles. The van der Waals surface area contributed by atoms with E-state index >= 15 is 0 Å². The van der Waals surface area contributed by atoms with E-state index in [0.717, 1.165) is 29.9 Å². The molecule has 0 saturated heterocycles. The van der Waals surface area contributed by atoms with Crippen molar-refractivity contribution < 1.29 is 19.1 Å². The Kier molecular flexibility index (Phi) is 5.39. The van der Waals surface area contributed by atoms with E-state index < -0.39 is 5.97 Å². The van der Waals surface area contributed by atoms with Gasteiger partial charge < -0.3 is 13.9 Å². The van der Waals surface area contributed by atoms with Crippen LogP contribution in [0.4, 0.5) is 0 Å². The number of benzene rings is 1. The SMILES string of the molecule is CC(=O)c1cc(C(=O)OCC(=O)c2cc(C)n(-c3ccc4c(c3)CCC4)c2C)n(C)c1. The van der Waals surface area contributed by atoms with Crippen molar-refractivity contribution in [3.8, 4) is 5.69 Å². The maximum absolute atomic E-state index is 12.8. The quantitative estimate of drug-likeness (QED) is 0.445. The second-order valence-electron chi connectivity index (χ2n) is 8.21. The van der Waals surface area contributed by atoms with E-state index in [-0.39, 0.29) is 23.9 Å². The first-order valence-corrected chi connectivity index (χ1v) is 10.4. The number of carbonyl (C=O) groups is 3. The summed E-state index contributed by atoms with van der Waals surface area (Å²) in [7, 11) is 1.66. The van der Waals surface area contributed by atoms with Gasteiger partial charge in [-0.3, -0.25) is 9.59 Å². The van der Waals surface area contributed by atoms with Gasteiger partial charge in [-0.25, -0.2) is 4.79 Å². The number of aryl methyl sites for hydroxylation is 4. The fraction of sp³-hybridized carbons (Fsp3) is 0.320. The van der Waals surface area contributed by atoms with Crippen LogP contribution < -0.4 is 0 Å². The number of aromatic nitrogens is 2. The van der Waals surface area contributed by atoms with Gasteiger partial charge in [-0.2, -0.15) is 0 Å². The molecule has 1 aromatic carbocycles. The molecule has 2 heterocycles. The maximum atomic E-state index is 12.8. The van der Waals surface area contributed by atoms with Gasteiger partial charge in [-0.1, -0.05) is 6.07 Å². The van der Waals surface area contributed by atoms with Gasteiger partial charge in [0.1, 0.15) is 5.69 Å². The van der Waals surface area contributed by atoms with Crippen molar-refractivity contribution in [1.82, 2.24) is 9.13 Å². The lowest BCUT2D eigenvalue weighted by atomic mass is 10.1. The average Bonchev–Trinajstić information content (AvgIpc) is 3.42. The molecule has 2 aromatic heterocycles. The van der Waals surface area contributed by atoms with Crippen molar-refractivity contribution in [2.75, 3.05) is 6.61 Å². The summed E-state index contributed by atoms with van der Waals surface area (Å²) in [5.41, 5.74) is 6.82. The number of carbonyl (C=O) groups excluding carboxylic acids is 3. The highest BCUT2D eigenvalue weighted by Crippen LogP contribution is 2.27. The van der Waals surface area contributed by atoms with Crippen LogP contribution in [0.1, 0.15) is 67.1 Å². The third kappa shape index (κ3) is 3.85. The first-order chi connectivity index (χ1) is 14.8. The summed E-state index contributed by atoms with van der Waals surface area (Å²) in [6.45, 7) is 4.96. The van der Waals surface area contributed by atoms with Crippen molar-refractivity contribution >= 4 is 17.5 Å². The summed E-state index contributed by atoms with van der Waals surface area (Å²) in [5, 5.41) is 0. The number of fused-ring (bicyclic) bond motifs is 1. The first kappa shape index (κ1) is 20.8. The molecule has 0 radical (unpaired) electrons. The lowest BCUT2D eigenvalue weighted by molar-refractivity contribution is 0.0465. The Labute approximate surface area is 181 Å². The van der Waals surface area contributed by atoms with Crippen molar-refractivity contribution in [3.63, 3.8) is 0 Å². The standard InChI is InChI=1S/C25H26N2O4/c1-15-10-22(16(2)27(15)21-9-8-18-6-5-7-19(18)11-21)24(29)14-31-25(30)23-12-20(17(3)28)13-26(23)4/h8-13H,5-7,14H2,1-4H3. The molecule has 0 unspecified atom stereocenters. The Morgan fingerprint density at radius 1 is 1.03 bits per heavy atom. The number of rotatable bonds is 6. The highest BCUT2D eigenvalue weighted by Gasteiger charge is 2.21. The molecule has 1 aliphatic rings. The fourth-order valence-corrected chi connectivity index (χ4v) is 4.38. The van der Waals surface area contributed by atoms with E-state index in [1.807, 2.05) is 19.9 Å². The van der Waals surface area contributed by atoms with Crippen LogP contribution in [-0.2, 0) is 24.6 Å². The lowest BCUT2D eigenvalue weighted by Gasteiger charge is -2.12. The summed E-state index contributed by atoms with van der Waals surface area (Å²) < 4.78 is 8.86. The molecule has 1 aliphatic carbocycles. The van der Waals surface area contributed by atoms with Crippen LogP contribution in [0.2, 0.25) is 0 Å². The van der Waals surface area contributed by atoms with Gasteiger partial charge in [-0.15, -0.1) is 0 Å². The molecular weight excluding hydrogens is 392 g/mol. The summed E-state index contributed by atoms with van der Waals surface area (Å²) in [4.78, 5) is 36.8. The molecule has 0 N–H and O–H groups in total. The number of Topliss-reactive ketones (excluding diaryl/α,β-unsaturated/α-hetero) is 2. The number of ether oxygens (including phenoxy) is 1. The number of esters is 1. The predicted octanol–water partition coefficient (Wildman–Crippen LogP) is 4.16. The molecule has 0 spiro atoms. The Balaban J connectivity index is 1.51. The topological polar surface area (TPSA) is 70.3 Å². The fourth-order valence-electron chi connectivity index (χ4n) is 4.38. The Morgan fingerprint density at radius 3 is 2.48 bits per heavy atom.